The van der Waals surface area contributed by atoms with Crippen LogP contribution in [0.25, 0.3) is 0 Å². The zero-order chi connectivity index (χ0) is 21.3. The number of amides is 1. The van der Waals surface area contributed by atoms with E-state index in [1.165, 1.54) is 19.1 Å². The number of carbonyl (C=O) groups excluding carboxylic acids is 1. The fourth-order valence-corrected chi connectivity index (χ4v) is 4.37. The lowest BCUT2D eigenvalue weighted by molar-refractivity contribution is -0.114. The molecule has 1 saturated heterocycles. The first-order valence-corrected chi connectivity index (χ1v) is 10.3. The van der Waals surface area contributed by atoms with Crippen molar-refractivity contribution >= 4 is 23.2 Å². The summed E-state index contributed by atoms with van der Waals surface area (Å²) in [5.74, 6) is 0.980. The van der Waals surface area contributed by atoms with Crippen LogP contribution < -0.4 is 14.8 Å². The molecule has 0 aliphatic carbocycles. The average Bonchev–Trinajstić information content (AvgIpc) is 3.23. The minimum Gasteiger partial charge on any atom is -0.508 e. The van der Waals surface area contributed by atoms with E-state index in [0.29, 0.717) is 23.0 Å². The number of halogens is 1. The Kier molecular flexibility index (Phi) is 5.77. The second kappa shape index (κ2) is 8.34. The molecule has 8 heteroatoms. The molecular weight excluding hydrogens is 408 g/mol. The quantitative estimate of drug-likeness (QED) is 0.608. The van der Waals surface area contributed by atoms with Crippen molar-refractivity contribution in [2.75, 3.05) is 31.6 Å². The number of rotatable bonds is 6. The Morgan fingerprint density at radius 1 is 1.37 bits per heavy atom. The van der Waals surface area contributed by atoms with Crippen molar-refractivity contribution in [3.05, 3.63) is 47.0 Å². The number of hydrogen-bond donors (Lipinski definition) is 3. The third-order valence-corrected chi connectivity index (χ3v) is 5.67. The number of aliphatic hydroxyl groups is 1. The number of ether oxygens (including phenoxy) is 2. The number of likely N-dealkylation sites (tertiary alicyclic amines) is 1. The predicted molar refractivity (Wildman–Crippen MR) is 113 cm³/mol. The number of aliphatic hydroxyl groups excluding tert-OH is 1. The molecule has 0 aromatic heterocycles. The molecule has 4 rings (SSSR count). The van der Waals surface area contributed by atoms with Gasteiger partial charge in [0.25, 0.3) is 0 Å². The number of fused-ring (bicyclic) bond motifs is 1. The van der Waals surface area contributed by atoms with Crippen LogP contribution in [0, 0.1) is 0 Å². The van der Waals surface area contributed by atoms with Gasteiger partial charge in [-0.05, 0) is 35.9 Å². The summed E-state index contributed by atoms with van der Waals surface area (Å²) in [4.78, 5) is 13.5. The van der Waals surface area contributed by atoms with Crippen LogP contribution in [0.1, 0.15) is 18.9 Å². The molecule has 7 nitrogen and oxygen atoms in total. The van der Waals surface area contributed by atoms with Crippen molar-refractivity contribution in [2.24, 2.45) is 0 Å². The van der Waals surface area contributed by atoms with Crippen molar-refractivity contribution in [1.29, 1.82) is 0 Å². The summed E-state index contributed by atoms with van der Waals surface area (Å²) in [5, 5.41) is 23.5. The zero-order valence-corrected chi connectivity index (χ0v) is 17.5. The van der Waals surface area contributed by atoms with Crippen molar-refractivity contribution in [3.63, 3.8) is 0 Å². The molecule has 1 spiro atoms. The number of hydrogen-bond acceptors (Lipinski definition) is 6. The first-order valence-electron chi connectivity index (χ1n) is 9.93. The highest BCUT2D eigenvalue weighted by Crippen LogP contribution is 2.41. The van der Waals surface area contributed by atoms with E-state index in [2.05, 4.69) is 10.2 Å². The molecule has 30 heavy (non-hydrogen) atoms. The molecule has 3 N–H and O–H groups in total. The maximum absolute atomic E-state index is 11.3. The number of phenolic OH excluding ortho intramolecular Hbond substituents is 1. The molecular formula is C22H25ClN2O5. The van der Waals surface area contributed by atoms with E-state index >= 15 is 0 Å². The van der Waals surface area contributed by atoms with Crippen LogP contribution in [0.3, 0.4) is 0 Å². The van der Waals surface area contributed by atoms with Gasteiger partial charge >= 0.3 is 0 Å². The maximum Gasteiger partial charge on any atom is 0.221 e. The maximum atomic E-state index is 11.3. The van der Waals surface area contributed by atoms with Gasteiger partial charge in [0, 0.05) is 50.5 Å². The van der Waals surface area contributed by atoms with Gasteiger partial charge in [-0.1, -0.05) is 11.6 Å². The van der Waals surface area contributed by atoms with Crippen LogP contribution in [0.15, 0.2) is 36.4 Å². The minimum atomic E-state index is -0.731. The third-order valence-electron chi connectivity index (χ3n) is 5.43. The molecule has 2 heterocycles. The summed E-state index contributed by atoms with van der Waals surface area (Å²) >= 11 is 6.10. The van der Waals surface area contributed by atoms with Crippen molar-refractivity contribution in [1.82, 2.24) is 4.90 Å². The minimum absolute atomic E-state index is 0.0214. The molecule has 2 aliphatic heterocycles. The molecule has 160 valence electrons. The monoisotopic (exact) mass is 432 g/mol. The average molecular weight is 433 g/mol. The van der Waals surface area contributed by atoms with Crippen LogP contribution in [-0.2, 0) is 11.2 Å². The Hall–Kier alpha value is -2.48. The predicted octanol–water partition coefficient (Wildman–Crippen LogP) is 2.82. The van der Waals surface area contributed by atoms with E-state index in [0.717, 1.165) is 37.2 Å². The second-order valence-corrected chi connectivity index (χ2v) is 8.46. The van der Waals surface area contributed by atoms with Crippen LogP contribution in [0.2, 0.25) is 5.02 Å². The molecule has 2 aromatic carbocycles. The zero-order valence-electron chi connectivity index (χ0n) is 16.7. The van der Waals surface area contributed by atoms with Crippen LogP contribution in [0.5, 0.6) is 17.2 Å². The fraction of sp³-hybridized carbons (Fsp3) is 0.409. The Balaban J connectivity index is 1.31. The highest BCUT2D eigenvalue weighted by molar-refractivity contribution is 6.30. The van der Waals surface area contributed by atoms with Gasteiger partial charge in [-0.2, -0.15) is 0 Å². The summed E-state index contributed by atoms with van der Waals surface area (Å²) in [6.07, 6.45) is 0.965. The van der Waals surface area contributed by atoms with Gasteiger partial charge in [-0.25, -0.2) is 0 Å². The van der Waals surface area contributed by atoms with Crippen molar-refractivity contribution < 1.29 is 24.5 Å². The van der Waals surface area contributed by atoms with Gasteiger partial charge in [0.1, 0.15) is 35.6 Å². The molecule has 2 aliphatic rings. The van der Waals surface area contributed by atoms with Crippen LogP contribution >= 0.6 is 11.6 Å². The fourth-order valence-electron chi connectivity index (χ4n) is 4.17. The van der Waals surface area contributed by atoms with Gasteiger partial charge in [-0.3, -0.25) is 9.69 Å². The SMILES string of the molecule is CC(=O)Nc1ccc(O)cc1OC[C@@H](O)CN1CCC2(Cc3cc(Cl)ccc3O2)C1. The lowest BCUT2D eigenvalue weighted by Gasteiger charge is -2.25. The number of aromatic hydroxyl groups is 1. The highest BCUT2D eigenvalue weighted by atomic mass is 35.5. The number of benzene rings is 2. The number of anilines is 1. The molecule has 0 radical (unpaired) electrons. The van der Waals surface area contributed by atoms with Crippen molar-refractivity contribution in [2.45, 2.75) is 31.5 Å². The Morgan fingerprint density at radius 3 is 3.00 bits per heavy atom. The molecule has 2 atom stereocenters. The summed E-state index contributed by atoms with van der Waals surface area (Å²) in [6.45, 7) is 3.42. The first-order chi connectivity index (χ1) is 14.3. The summed E-state index contributed by atoms with van der Waals surface area (Å²) in [6, 6.07) is 10.1. The Labute approximate surface area is 180 Å². The highest BCUT2D eigenvalue weighted by Gasteiger charge is 2.45. The third kappa shape index (κ3) is 4.64. The molecule has 1 unspecified atom stereocenters. The van der Waals surface area contributed by atoms with Crippen molar-refractivity contribution in [3.8, 4) is 17.2 Å². The van der Waals surface area contributed by atoms with E-state index in [9.17, 15) is 15.0 Å². The molecule has 0 saturated carbocycles. The van der Waals surface area contributed by atoms with Gasteiger partial charge in [0.15, 0.2) is 0 Å². The number of nitrogens with one attached hydrogen (secondary N) is 1. The standard InChI is InChI=1S/C22H25ClN2O5/c1-14(26)24-19-4-3-17(27)9-21(19)29-12-18(28)11-25-7-6-22(13-25)10-15-8-16(23)2-5-20(15)30-22/h2-5,8-9,18,27-28H,6-7,10-13H2,1H3,(H,24,26)/t18-,22?/m0/s1. The summed E-state index contributed by atoms with van der Waals surface area (Å²) in [5.41, 5.74) is 1.31. The number of β-amino-alcohol motifs (C(OH)–C–C–N with tert-alkyl or cyclic N) is 1. The summed E-state index contributed by atoms with van der Waals surface area (Å²) < 4.78 is 11.9. The lowest BCUT2D eigenvalue weighted by Crippen LogP contribution is -2.40. The van der Waals surface area contributed by atoms with E-state index in [1.807, 2.05) is 18.2 Å². The molecule has 1 amide bonds. The smallest absolute Gasteiger partial charge is 0.221 e. The second-order valence-electron chi connectivity index (χ2n) is 8.03. The van der Waals surface area contributed by atoms with Gasteiger partial charge < -0.3 is 25.0 Å². The molecule has 2 aromatic rings. The van der Waals surface area contributed by atoms with E-state index in [4.69, 9.17) is 21.1 Å². The lowest BCUT2D eigenvalue weighted by atomic mass is 9.96. The van der Waals surface area contributed by atoms with Gasteiger partial charge in [0.05, 0.1) is 5.69 Å². The normalized spacial score (nSPS) is 21.3. The van der Waals surface area contributed by atoms with Crippen LogP contribution in [0.4, 0.5) is 5.69 Å². The van der Waals surface area contributed by atoms with Gasteiger partial charge in [0.2, 0.25) is 5.91 Å². The number of phenols is 1. The van der Waals surface area contributed by atoms with E-state index in [-0.39, 0.29) is 23.9 Å². The molecule has 1 fully saturated rings. The number of carbonyl (C=O) groups is 1. The topological polar surface area (TPSA) is 91.3 Å². The number of nitrogens with zero attached hydrogens (tertiary/aromatic N) is 1. The van der Waals surface area contributed by atoms with E-state index in [1.54, 1.807) is 6.07 Å². The summed E-state index contributed by atoms with van der Waals surface area (Å²) in [7, 11) is 0. The Bertz CT molecular complexity index is 953. The Morgan fingerprint density at radius 2 is 2.20 bits per heavy atom. The largest absolute Gasteiger partial charge is 0.508 e. The van der Waals surface area contributed by atoms with Crippen LogP contribution in [-0.4, -0.2) is 59.0 Å². The van der Waals surface area contributed by atoms with Gasteiger partial charge in [-0.15, -0.1) is 0 Å². The molecule has 0 bridgehead atoms. The van der Waals surface area contributed by atoms with E-state index < -0.39 is 6.10 Å². The first kappa shape index (κ1) is 20.8.